The van der Waals surface area contributed by atoms with Gasteiger partial charge in [-0.1, -0.05) is 12.1 Å². The van der Waals surface area contributed by atoms with Crippen molar-refractivity contribution in [3.8, 4) is 11.5 Å². The Balaban J connectivity index is 2.49. The van der Waals surface area contributed by atoms with Gasteiger partial charge in [0.15, 0.2) is 0 Å². The molecule has 0 amide bonds. The third-order valence-corrected chi connectivity index (χ3v) is 2.98. The first-order valence-electron chi connectivity index (χ1n) is 5.27. The van der Waals surface area contributed by atoms with Gasteiger partial charge >= 0.3 is 0 Å². The maximum atomic E-state index is 9.72. The lowest BCUT2D eigenvalue weighted by Crippen LogP contribution is -1.83. The number of phenolic OH excluding ortho intramolecular Hbond substituents is 1. The molecule has 0 aliphatic heterocycles. The topological polar surface area (TPSA) is 76.5 Å². The largest absolute Gasteiger partial charge is 0.508 e. The maximum Gasteiger partial charge on any atom is 0.139 e. The van der Waals surface area contributed by atoms with E-state index in [0.29, 0.717) is 11.1 Å². The highest BCUT2D eigenvalue weighted by atomic mass is 16.3. The number of hydrogen-bond acceptors (Lipinski definition) is 3. The molecule has 1 aromatic heterocycles. The molecule has 0 unspecified atom stereocenters. The summed E-state index contributed by atoms with van der Waals surface area (Å²) in [4.78, 5) is 3.05. The van der Waals surface area contributed by atoms with E-state index >= 15 is 0 Å². The number of nitrogens with one attached hydrogen (secondary N) is 1. The van der Waals surface area contributed by atoms with Gasteiger partial charge < -0.3 is 20.3 Å². The van der Waals surface area contributed by atoms with E-state index in [1.165, 1.54) is 0 Å². The number of fused-ring (bicyclic) bond motifs is 3. The molecule has 0 fully saturated rings. The minimum absolute atomic E-state index is 0.0473. The van der Waals surface area contributed by atoms with Crippen molar-refractivity contribution in [1.29, 1.82) is 0 Å². The van der Waals surface area contributed by atoms with Gasteiger partial charge in [0.2, 0.25) is 0 Å². The van der Waals surface area contributed by atoms with E-state index in [-0.39, 0.29) is 18.1 Å². The number of rotatable bonds is 1. The van der Waals surface area contributed by atoms with Crippen molar-refractivity contribution in [3.63, 3.8) is 0 Å². The molecule has 2 aromatic carbocycles. The lowest BCUT2D eigenvalue weighted by Gasteiger charge is -2.00. The fourth-order valence-electron chi connectivity index (χ4n) is 2.12. The summed E-state index contributed by atoms with van der Waals surface area (Å²) in [5, 5.41) is 30.3. The van der Waals surface area contributed by atoms with Gasteiger partial charge in [0.25, 0.3) is 0 Å². The first kappa shape index (κ1) is 9.99. The second-order valence-corrected chi connectivity index (χ2v) is 4.01. The normalized spacial score (nSPS) is 11.4. The van der Waals surface area contributed by atoms with E-state index in [1.807, 2.05) is 6.07 Å². The molecule has 3 rings (SSSR count). The van der Waals surface area contributed by atoms with Crippen molar-refractivity contribution >= 4 is 21.8 Å². The third-order valence-electron chi connectivity index (χ3n) is 2.98. The van der Waals surface area contributed by atoms with E-state index in [9.17, 15) is 10.2 Å². The fourth-order valence-corrected chi connectivity index (χ4v) is 2.12. The van der Waals surface area contributed by atoms with Crippen LogP contribution in [0, 0.1) is 0 Å². The lowest BCUT2D eigenvalue weighted by atomic mass is 10.1. The molecule has 0 radical (unpaired) electrons. The summed E-state index contributed by atoms with van der Waals surface area (Å²) in [5.74, 6) is 0.217. The van der Waals surface area contributed by atoms with Gasteiger partial charge in [0, 0.05) is 22.4 Å². The molecule has 0 saturated carbocycles. The van der Waals surface area contributed by atoms with Crippen LogP contribution in [-0.2, 0) is 6.61 Å². The molecule has 3 aromatic rings. The molecule has 1 heterocycles. The van der Waals surface area contributed by atoms with Crippen LogP contribution in [-0.4, -0.2) is 20.3 Å². The number of phenols is 2. The zero-order valence-corrected chi connectivity index (χ0v) is 8.94. The van der Waals surface area contributed by atoms with Crippen LogP contribution in [0.25, 0.3) is 21.8 Å². The van der Waals surface area contributed by atoms with Crippen LogP contribution in [0.2, 0.25) is 0 Å². The molecule has 4 N–H and O–H groups in total. The van der Waals surface area contributed by atoms with Gasteiger partial charge in [-0.05, 0) is 12.1 Å². The minimum Gasteiger partial charge on any atom is -0.508 e. The summed E-state index contributed by atoms with van der Waals surface area (Å²) < 4.78 is 0. The molecule has 4 nitrogen and oxygen atoms in total. The highest BCUT2D eigenvalue weighted by molar-refractivity contribution is 6.09. The van der Waals surface area contributed by atoms with E-state index in [4.69, 9.17) is 5.11 Å². The molecule has 86 valence electrons. The Morgan fingerprint density at radius 2 is 1.82 bits per heavy atom. The van der Waals surface area contributed by atoms with E-state index in [2.05, 4.69) is 4.98 Å². The van der Waals surface area contributed by atoms with Crippen molar-refractivity contribution in [2.45, 2.75) is 6.61 Å². The van der Waals surface area contributed by atoms with Crippen LogP contribution in [0.15, 0.2) is 30.3 Å². The molecule has 0 aliphatic carbocycles. The highest BCUT2D eigenvalue weighted by Gasteiger charge is 2.10. The van der Waals surface area contributed by atoms with E-state index in [0.717, 1.165) is 16.3 Å². The Hall–Kier alpha value is -2.20. The molecule has 0 atom stereocenters. The number of H-pyrrole nitrogens is 1. The zero-order chi connectivity index (χ0) is 12.0. The molecule has 0 bridgehead atoms. The molecule has 0 saturated heterocycles. The number of aromatic hydroxyl groups is 2. The van der Waals surface area contributed by atoms with Gasteiger partial charge in [-0.15, -0.1) is 0 Å². The SMILES string of the molecule is OCc1cc2c(cc1O)[nH]c1c(O)cccc12. The summed E-state index contributed by atoms with van der Waals surface area (Å²) in [5.41, 5.74) is 1.84. The van der Waals surface area contributed by atoms with Gasteiger partial charge in [-0.25, -0.2) is 0 Å². The van der Waals surface area contributed by atoms with Crippen molar-refractivity contribution in [1.82, 2.24) is 4.98 Å². The number of benzene rings is 2. The molecule has 0 spiro atoms. The van der Waals surface area contributed by atoms with Crippen molar-refractivity contribution in [2.24, 2.45) is 0 Å². The number of hydrogen-bond donors (Lipinski definition) is 4. The van der Waals surface area contributed by atoms with Crippen LogP contribution in [0.5, 0.6) is 11.5 Å². The monoisotopic (exact) mass is 229 g/mol. The first-order chi connectivity index (χ1) is 8.20. The Bertz CT molecular complexity index is 715. The predicted molar refractivity (Wildman–Crippen MR) is 65.1 cm³/mol. The summed E-state index contributed by atoms with van der Waals surface area (Å²) in [6, 6.07) is 8.52. The Kier molecular flexibility index (Phi) is 2.00. The van der Waals surface area contributed by atoms with Gasteiger partial charge in [-0.2, -0.15) is 0 Å². The highest BCUT2D eigenvalue weighted by Crippen LogP contribution is 2.34. The number of aromatic nitrogens is 1. The van der Waals surface area contributed by atoms with Crippen LogP contribution in [0.1, 0.15) is 5.56 Å². The molecule has 17 heavy (non-hydrogen) atoms. The number of aliphatic hydroxyl groups excluding tert-OH is 1. The number of aliphatic hydroxyl groups is 1. The molecular formula is C13H11NO3. The lowest BCUT2D eigenvalue weighted by molar-refractivity contribution is 0.276. The smallest absolute Gasteiger partial charge is 0.139 e. The average Bonchev–Trinajstić information content (AvgIpc) is 2.67. The zero-order valence-electron chi connectivity index (χ0n) is 8.94. The van der Waals surface area contributed by atoms with Crippen LogP contribution in [0.4, 0.5) is 0 Å². The van der Waals surface area contributed by atoms with Crippen LogP contribution in [0.3, 0.4) is 0 Å². The number of para-hydroxylation sites is 1. The molecular weight excluding hydrogens is 218 g/mol. The molecule has 0 aliphatic rings. The van der Waals surface area contributed by atoms with E-state index < -0.39 is 0 Å². The first-order valence-corrected chi connectivity index (χ1v) is 5.27. The van der Waals surface area contributed by atoms with Gasteiger partial charge in [0.1, 0.15) is 11.5 Å². The van der Waals surface area contributed by atoms with Gasteiger partial charge in [-0.3, -0.25) is 0 Å². The maximum absolute atomic E-state index is 9.72. The van der Waals surface area contributed by atoms with Crippen molar-refractivity contribution < 1.29 is 15.3 Å². The minimum atomic E-state index is -0.215. The standard InChI is InChI=1S/C13H11NO3/c15-6-7-4-9-8-2-1-3-11(16)13(8)14-10(9)5-12(7)17/h1-5,14-17H,6H2. The Morgan fingerprint density at radius 3 is 2.59 bits per heavy atom. The molecule has 4 heteroatoms. The average molecular weight is 229 g/mol. The van der Waals surface area contributed by atoms with E-state index in [1.54, 1.807) is 24.3 Å². The Labute approximate surface area is 96.8 Å². The van der Waals surface area contributed by atoms with Crippen molar-refractivity contribution in [2.75, 3.05) is 0 Å². The summed E-state index contributed by atoms with van der Waals surface area (Å²) >= 11 is 0. The third kappa shape index (κ3) is 1.34. The van der Waals surface area contributed by atoms with Crippen molar-refractivity contribution in [3.05, 3.63) is 35.9 Å². The Morgan fingerprint density at radius 1 is 1.00 bits per heavy atom. The number of aromatic amines is 1. The quantitative estimate of drug-likeness (QED) is 0.516. The fraction of sp³-hybridized carbons (Fsp3) is 0.0769. The second-order valence-electron chi connectivity index (χ2n) is 4.01. The van der Waals surface area contributed by atoms with Crippen LogP contribution < -0.4 is 0 Å². The summed E-state index contributed by atoms with van der Waals surface area (Å²) in [7, 11) is 0. The second kappa shape index (κ2) is 3.40. The summed E-state index contributed by atoms with van der Waals surface area (Å²) in [6.45, 7) is -0.215. The summed E-state index contributed by atoms with van der Waals surface area (Å²) in [6.07, 6.45) is 0. The predicted octanol–water partition coefficient (Wildman–Crippen LogP) is 2.22. The van der Waals surface area contributed by atoms with Crippen LogP contribution >= 0.6 is 0 Å². The van der Waals surface area contributed by atoms with Gasteiger partial charge in [0.05, 0.1) is 17.6 Å².